The summed E-state index contributed by atoms with van der Waals surface area (Å²) in [5.41, 5.74) is 0.527. The zero-order chi connectivity index (χ0) is 28.2. The number of methoxy groups -OCH3 is 1. The smallest absolute Gasteiger partial charge is 0.340 e. The SMILES string of the molecule is COC(=O)c1cc(Oc2ccc(C(=O)OC(C)(C)C)cc2Br)ccc1N(C(=O)C1CCC(C)CC1)C(C)C. The molecule has 0 unspecified atom stereocenters. The number of esters is 2. The Morgan fingerprint density at radius 1 is 0.974 bits per heavy atom. The second-order valence-corrected chi connectivity index (χ2v) is 12.0. The number of rotatable bonds is 7. The van der Waals surface area contributed by atoms with Crippen molar-refractivity contribution in [3.05, 3.63) is 52.0 Å². The molecule has 0 spiro atoms. The van der Waals surface area contributed by atoms with E-state index in [9.17, 15) is 14.4 Å². The zero-order valence-corrected chi connectivity index (χ0v) is 24.9. The van der Waals surface area contributed by atoms with E-state index >= 15 is 0 Å². The van der Waals surface area contributed by atoms with E-state index in [2.05, 4.69) is 22.9 Å². The summed E-state index contributed by atoms with van der Waals surface area (Å²) >= 11 is 3.46. The second kappa shape index (κ2) is 12.3. The van der Waals surface area contributed by atoms with Crippen LogP contribution in [0.1, 0.15) is 87.9 Å². The lowest BCUT2D eigenvalue weighted by atomic mass is 9.82. The van der Waals surface area contributed by atoms with Gasteiger partial charge in [-0.05, 0) is 119 Å². The molecular weight excluding hydrogens is 550 g/mol. The van der Waals surface area contributed by atoms with Crippen LogP contribution in [0.2, 0.25) is 0 Å². The molecule has 0 aromatic heterocycles. The summed E-state index contributed by atoms with van der Waals surface area (Å²) in [6.07, 6.45) is 3.76. The summed E-state index contributed by atoms with van der Waals surface area (Å²) in [4.78, 5) is 40.6. The Labute approximate surface area is 234 Å². The van der Waals surface area contributed by atoms with E-state index in [4.69, 9.17) is 14.2 Å². The molecule has 0 heterocycles. The van der Waals surface area contributed by atoms with E-state index in [1.165, 1.54) is 7.11 Å². The number of halogens is 1. The molecule has 1 aliphatic carbocycles. The van der Waals surface area contributed by atoms with Crippen LogP contribution in [0.3, 0.4) is 0 Å². The summed E-state index contributed by atoms with van der Waals surface area (Å²) in [7, 11) is 1.32. The van der Waals surface area contributed by atoms with Crippen molar-refractivity contribution in [2.75, 3.05) is 12.0 Å². The van der Waals surface area contributed by atoms with Gasteiger partial charge in [0.1, 0.15) is 17.1 Å². The third-order valence-electron chi connectivity index (χ3n) is 6.55. The van der Waals surface area contributed by atoms with Gasteiger partial charge in [-0.1, -0.05) is 6.92 Å². The van der Waals surface area contributed by atoms with Gasteiger partial charge in [0, 0.05) is 12.0 Å². The normalized spacial score (nSPS) is 17.6. The minimum absolute atomic E-state index is 0.0335. The minimum Gasteiger partial charge on any atom is -0.465 e. The van der Waals surface area contributed by atoms with Crippen molar-refractivity contribution < 1.29 is 28.6 Å². The summed E-state index contributed by atoms with van der Waals surface area (Å²) in [6.45, 7) is 11.5. The van der Waals surface area contributed by atoms with Crippen LogP contribution in [0.25, 0.3) is 0 Å². The molecule has 0 radical (unpaired) electrons. The number of amides is 1. The fourth-order valence-electron chi connectivity index (χ4n) is 4.59. The summed E-state index contributed by atoms with van der Waals surface area (Å²) in [5.74, 6) is 0.455. The maximum absolute atomic E-state index is 13.6. The van der Waals surface area contributed by atoms with Gasteiger partial charge < -0.3 is 19.1 Å². The highest BCUT2D eigenvalue weighted by molar-refractivity contribution is 9.10. The maximum Gasteiger partial charge on any atom is 0.340 e. The molecule has 1 fully saturated rings. The molecule has 206 valence electrons. The van der Waals surface area contributed by atoms with Crippen molar-refractivity contribution in [2.45, 2.75) is 78.9 Å². The first-order valence-corrected chi connectivity index (χ1v) is 13.9. The Kier molecular flexibility index (Phi) is 9.63. The lowest BCUT2D eigenvalue weighted by molar-refractivity contribution is -0.123. The molecule has 0 aliphatic heterocycles. The van der Waals surface area contributed by atoms with Crippen LogP contribution >= 0.6 is 15.9 Å². The summed E-state index contributed by atoms with van der Waals surface area (Å²) in [6, 6.07) is 9.79. The second-order valence-electron chi connectivity index (χ2n) is 11.2. The number of carbonyl (C=O) groups excluding carboxylic acids is 3. The number of ether oxygens (including phenoxy) is 3. The number of anilines is 1. The Morgan fingerprint density at radius 2 is 1.63 bits per heavy atom. The fraction of sp³-hybridized carbons (Fsp3) is 0.500. The average Bonchev–Trinajstić information content (AvgIpc) is 2.84. The molecule has 1 amide bonds. The van der Waals surface area contributed by atoms with Crippen molar-refractivity contribution in [3.63, 3.8) is 0 Å². The molecule has 0 saturated heterocycles. The van der Waals surface area contributed by atoms with E-state index in [1.807, 2.05) is 34.6 Å². The first kappa shape index (κ1) is 29.7. The third-order valence-corrected chi connectivity index (χ3v) is 7.17. The number of hydrogen-bond donors (Lipinski definition) is 0. The van der Waals surface area contributed by atoms with Crippen LogP contribution in [0.15, 0.2) is 40.9 Å². The number of benzene rings is 2. The fourth-order valence-corrected chi connectivity index (χ4v) is 5.05. The van der Waals surface area contributed by atoms with E-state index in [1.54, 1.807) is 41.3 Å². The largest absolute Gasteiger partial charge is 0.465 e. The van der Waals surface area contributed by atoms with Crippen molar-refractivity contribution in [1.82, 2.24) is 0 Å². The van der Waals surface area contributed by atoms with Crippen LogP contribution in [0, 0.1) is 11.8 Å². The standard InChI is InChI=1S/C30H38BrNO6/c1-18(2)32(27(33)20-10-8-19(3)9-11-20)25-14-13-22(17-23(25)29(35)36-7)37-26-15-12-21(16-24(26)31)28(34)38-30(4,5)6/h12-20H,8-11H2,1-7H3. The molecule has 7 nitrogen and oxygen atoms in total. The van der Waals surface area contributed by atoms with Gasteiger partial charge in [-0.3, -0.25) is 4.79 Å². The first-order valence-electron chi connectivity index (χ1n) is 13.1. The Bertz CT molecular complexity index is 1180. The molecule has 0 atom stereocenters. The Balaban J connectivity index is 1.90. The van der Waals surface area contributed by atoms with Crippen molar-refractivity contribution in [2.24, 2.45) is 11.8 Å². The predicted octanol–water partition coefficient (Wildman–Crippen LogP) is 7.55. The van der Waals surface area contributed by atoms with Crippen molar-refractivity contribution in [3.8, 4) is 11.5 Å². The maximum atomic E-state index is 13.6. The van der Waals surface area contributed by atoms with Crippen molar-refractivity contribution in [1.29, 1.82) is 0 Å². The van der Waals surface area contributed by atoms with Gasteiger partial charge >= 0.3 is 11.9 Å². The van der Waals surface area contributed by atoms with E-state index in [-0.39, 0.29) is 23.4 Å². The molecule has 1 aliphatic rings. The van der Waals surface area contributed by atoms with Gasteiger partial charge in [0.2, 0.25) is 5.91 Å². The first-order chi connectivity index (χ1) is 17.8. The minimum atomic E-state index is -0.606. The van der Waals surface area contributed by atoms with Crippen LogP contribution < -0.4 is 9.64 Å². The lowest BCUT2D eigenvalue weighted by Crippen LogP contribution is -2.43. The molecule has 3 rings (SSSR count). The van der Waals surface area contributed by atoms with Gasteiger partial charge in [-0.2, -0.15) is 0 Å². The third kappa shape index (κ3) is 7.37. The predicted molar refractivity (Wildman–Crippen MR) is 151 cm³/mol. The van der Waals surface area contributed by atoms with Crippen LogP contribution in [-0.4, -0.2) is 36.6 Å². The molecule has 8 heteroatoms. The highest BCUT2D eigenvalue weighted by Gasteiger charge is 2.32. The molecule has 0 N–H and O–H groups in total. The number of hydrogen-bond acceptors (Lipinski definition) is 6. The van der Waals surface area contributed by atoms with Gasteiger partial charge in [-0.25, -0.2) is 9.59 Å². The molecule has 0 bridgehead atoms. The van der Waals surface area contributed by atoms with Crippen LogP contribution in [0.5, 0.6) is 11.5 Å². The quantitative estimate of drug-likeness (QED) is 0.311. The summed E-state index contributed by atoms with van der Waals surface area (Å²) < 4.78 is 17.1. The van der Waals surface area contributed by atoms with E-state index in [0.29, 0.717) is 33.1 Å². The van der Waals surface area contributed by atoms with Crippen molar-refractivity contribution >= 4 is 39.5 Å². The highest BCUT2D eigenvalue weighted by Crippen LogP contribution is 2.36. The molecule has 2 aromatic carbocycles. The number of nitrogens with zero attached hydrogens (tertiary/aromatic N) is 1. The Morgan fingerprint density at radius 3 is 2.18 bits per heavy atom. The summed E-state index contributed by atoms with van der Waals surface area (Å²) in [5, 5.41) is 0. The van der Waals surface area contributed by atoms with E-state index in [0.717, 1.165) is 25.7 Å². The highest BCUT2D eigenvalue weighted by atomic mass is 79.9. The molecule has 38 heavy (non-hydrogen) atoms. The zero-order valence-electron chi connectivity index (χ0n) is 23.3. The van der Waals surface area contributed by atoms with Gasteiger partial charge in [0.05, 0.1) is 28.4 Å². The van der Waals surface area contributed by atoms with E-state index < -0.39 is 17.5 Å². The van der Waals surface area contributed by atoms with Crippen LogP contribution in [0.4, 0.5) is 5.69 Å². The van der Waals surface area contributed by atoms with Gasteiger partial charge in [0.15, 0.2) is 0 Å². The molecular formula is C30H38BrNO6. The molecule has 1 saturated carbocycles. The topological polar surface area (TPSA) is 82.1 Å². The van der Waals surface area contributed by atoms with Gasteiger partial charge in [0.25, 0.3) is 0 Å². The average molecular weight is 589 g/mol. The molecule has 2 aromatic rings. The Hall–Kier alpha value is -2.87. The monoisotopic (exact) mass is 587 g/mol. The number of carbonyl (C=O) groups is 3. The van der Waals surface area contributed by atoms with Gasteiger partial charge in [-0.15, -0.1) is 0 Å². The van der Waals surface area contributed by atoms with Crippen LogP contribution in [-0.2, 0) is 14.3 Å². The lowest BCUT2D eigenvalue weighted by Gasteiger charge is -2.34.